The molecule has 2 rings (SSSR count). The highest BCUT2D eigenvalue weighted by molar-refractivity contribution is 9.10. The van der Waals surface area contributed by atoms with Crippen molar-refractivity contribution in [2.45, 2.75) is 17.7 Å². The number of piperidine rings is 1. The summed E-state index contributed by atoms with van der Waals surface area (Å²) in [7, 11) is -2.47. The van der Waals surface area contributed by atoms with E-state index in [-0.39, 0.29) is 39.9 Å². The maximum atomic E-state index is 12.7. The highest BCUT2D eigenvalue weighted by Crippen LogP contribution is 2.36. The molecule has 0 saturated carbocycles. The molecule has 1 aromatic rings. The number of nitrogens with zero attached hydrogens (tertiary/aromatic N) is 1. The van der Waals surface area contributed by atoms with E-state index in [1.54, 1.807) is 0 Å². The van der Waals surface area contributed by atoms with E-state index in [4.69, 9.17) is 27.9 Å². The fraction of sp³-hybridized carbons (Fsp3) is 0.462. The predicted molar refractivity (Wildman–Crippen MR) is 87.7 cm³/mol. The standard InChI is InChI=1S/C13H14BrCl2NO4S/c1-21-13(18)8-2-4-17(5-3-8)22(19,20)12-10(15)6-9(14)7-11(12)16/h6-8H,2-5H2,1H3. The zero-order chi connectivity index (χ0) is 16.5. The van der Waals surface area contributed by atoms with Crippen LogP contribution >= 0.6 is 39.1 Å². The van der Waals surface area contributed by atoms with Crippen LogP contribution in [0.4, 0.5) is 0 Å². The molecule has 122 valence electrons. The summed E-state index contributed by atoms with van der Waals surface area (Å²) in [6.07, 6.45) is 0.829. The van der Waals surface area contributed by atoms with Crippen molar-refractivity contribution in [1.29, 1.82) is 0 Å². The number of hydrogen-bond donors (Lipinski definition) is 0. The fourth-order valence-electron chi connectivity index (χ4n) is 2.40. The van der Waals surface area contributed by atoms with Gasteiger partial charge in [0.25, 0.3) is 0 Å². The van der Waals surface area contributed by atoms with Gasteiger partial charge in [-0.05, 0) is 25.0 Å². The fourth-order valence-corrected chi connectivity index (χ4v) is 5.76. The minimum atomic E-state index is -3.80. The van der Waals surface area contributed by atoms with Crippen LogP contribution < -0.4 is 0 Å². The molecular formula is C13H14BrCl2NO4S. The van der Waals surface area contributed by atoms with Crippen LogP contribution in [0.15, 0.2) is 21.5 Å². The molecule has 0 aromatic heterocycles. The molecule has 1 aliphatic rings. The van der Waals surface area contributed by atoms with Gasteiger partial charge < -0.3 is 4.74 Å². The van der Waals surface area contributed by atoms with Crippen molar-refractivity contribution in [2.24, 2.45) is 5.92 Å². The average molecular weight is 431 g/mol. The van der Waals surface area contributed by atoms with Gasteiger partial charge in [0.2, 0.25) is 10.0 Å². The van der Waals surface area contributed by atoms with Crippen LogP contribution in [0.3, 0.4) is 0 Å². The second kappa shape index (κ2) is 7.05. The Morgan fingerprint density at radius 1 is 1.27 bits per heavy atom. The number of hydrogen-bond acceptors (Lipinski definition) is 4. The van der Waals surface area contributed by atoms with Gasteiger partial charge in [0, 0.05) is 17.6 Å². The summed E-state index contributed by atoms with van der Waals surface area (Å²) >= 11 is 15.3. The van der Waals surface area contributed by atoms with Gasteiger partial charge in [-0.1, -0.05) is 39.1 Å². The summed E-state index contributed by atoms with van der Waals surface area (Å²) in [5, 5.41) is 0.129. The number of benzene rings is 1. The Morgan fingerprint density at radius 3 is 2.23 bits per heavy atom. The van der Waals surface area contributed by atoms with Gasteiger partial charge in [-0.15, -0.1) is 0 Å². The first-order chi connectivity index (χ1) is 10.3. The van der Waals surface area contributed by atoms with Gasteiger partial charge in [-0.25, -0.2) is 8.42 Å². The van der Waals surface area contributed by atoms with Gasteiger partial charge >= 0.3 is 5.97 Å². The molecule has 0 aliphatic carbocycles. The maximum Gasteiger partial charge on any atom is 0.308 e. The Bertz CT molecular complexity index is 664. The van der Waals surface area contributed by atoms with Crippen molar-refractivity contribution in [1.82, 2.24) is 4.31 Å². The van der Waals surface area contributed by atoms with Crippen molar-refractivity contribution >= 4 is 55.1 Å². The Morgan fingerprint density at radius 2 is 1.77 bits per heavy atom. The second-order valence-electron chi connectivity index (χ2n) is 4.90. The third-order valence-corrected chi connectivity index (χ3v) is 6.83. The van der Waals surface area contributed by atoms with Crippen LogP contribution in [-0.4, -0.2) is 38.9 Å². The third-order valence-electron chi connectivity index (χ3n) is 3.55. The minimum Gasteiger partial charge on any atom is -0.469 e. The lowest BCUT2D eigenvalue weighted by Gasteiger charge is -2.30. The van der Waals surface area contributed by atoms with Crippen molar-refractivity contribution in [3.63, 3.8) is 0 Å². The van der Waals surface area contributed by atoms with Crippen LogP contribution in [0.1, 0.15) is 12.8 Å². The summed E-state index contributed by atoms with van der Waals surface area (Å²) in [5.74, 6) is -0.580. The summed E-state index contributed by atoms with van der Waals surface area (Å²) in [5.41, 5.74) is 0. The molecule has 1 saturated heterocycles. The highest BCUT2D eigenvalue weighted by Gasteiger charge is 2.34. The lowest BCUT2D eigenvalue weighted by atomic mass is 9.99. The first-order valence-electron chi connectivity index (χ1n) is 6.50. The molecule has 22 heavy (non-hydrogen) atoms. The molecule has 0 spiro atoms. The molecule has 0 radical (unpaired) electrons. The van der Waals surface area contributed by atoms with Crippen LogP contribution in [0.2, 0.25) is 10.0 Å². The quantitative estimate of drug-likeness (QED) is 0.690. The van der Waals surface area contributed by atoms with Gasteiger partial charge in [0.1, 0.15) is 4.90 Å². The smallest absolute Gasteiger partial charge is 0.308 e. The van der Waals surface area contributed by atoms with Crippen LogP contribution in [0.25, 0.3) is 0 Å². The topological polar surface area (TPSA) is 63.7 Å². The molecular weight excluding hydrogens is 417 g/mol. The molecule has 0 atom stereocenters. The number of halogens is 3. The number of methoxy groups -OCH3 is 1. The minimum absolute atomic E-state index is 0.0643. The zero-order valence-corrected chi connectivity index (χ0v) is 15.6. The molecule has 1 aliphatic heterocycles. The first-order valence-corrected chi connectivity index (χ1v) is 9.48. The summed E-state index contributed by atoms with van der Waals surface area (Å²) < 4.78 is 32.0. The average Bonchev–Trinajstić information content (AvgIpc) is 2.45. The monoisotopic (exact) mass is 429 g/mol. The van der Waals surface area contributed by atoms with E-state index >= 15 is 0 Å². The van der Waals surface area contributed by atoms with Gasteiger partial charge in [0.05, 0.1) is 23.1 Å². The first kappa shape index (κ1) is 18.0. The number of ether oxygens (including phenoxy) is 1. The highest BCUT2D eigenvalue weighted by atomic mass is 79.9. The predicted octanol–water partition coefficient (Wildman–Crippen LogP) is 3.33. The normalized spacial score (nSPS) is 17.5. The van der Waals surface area contributed by atoms with Crippen molar-refractivity contribution in [3.05, 3.63) is 26.7 Å². The number of carbonyl (C=O) groups excluding carboxylic acids is 1. The molecule has 1 fully saturated rings. The lowest BCUT2D eigenvalue weighted by molar-refractivity contribution is -0.146. The van der Waals surface area contributed by atoms with Gasteiger partial charge in [0.15, 0.2) is 0 Å². The van der Waals surface area contributed by atoms with Crippen LogP contribution in [-0.2, 0) is 19.6 Å². The molecule has 9 heteroatoms. The zero-order valence-electron chi connectivity index (χ0n) is 11.7. The summed E-state index contributed by atoms with van der Waals surface area (Å²) in [4.78, 5) is 11.4. The summed E-state index contributed by atoms with van der Waals surface area (Å²) in [6.45, 7) is 0.454. The van der Waals surface area contributed by atoms with Crippen molar-refractivity contribution in [3.8, 4) is 0 Å². The Kier molecular flexibility index (Phi) is 5.77. The van der Waals surface area contributed by atoms with Crippen molar-refractivity contribution < 1.29 is 17.9 Å². The Hall–Kier alpha value is -0.340. The molecule has 1 aromatic carbocycles. The summed E-state index contributed by atoms with van der Waals surface area (Å²) in [6, 6.07) is 2.98. The molecule has 0 N–H and O–H groups in total. The molecule has 0 unspecified atom stereocenters. The Balaban J connectivity index is 2.25. The van der Waals surface area contributed by atoms with E-state index in [1.165, 1.54) is 23.5 Å². The molecule has 0 bridgehead atoms. The van der Waals surface area contributed by atoms with Gasteiger partial charge in [-0.3, -0.25) is 4.79 Å². The lowest BCUT2D eigenvalue weighted by Crippen LogP contribution is -2.40. The number of rotatable bonds is 3. The third kappa shape index (κ3) is 3.59. The van der Waals surface area contributed by atoms with Crippen LogP contribution in [0.5, 0.6) is 0 Å². The van der Waals surface area contributed by atoms with E-state index in [1.807, 2.05) is 0 Å². The Labute approximate surface area is 147 Å². The molecule has 1 heterocycles. The van der Waals surface area contributed by atoms with E-state index in [9.17, 15) is 13.2 Å². The maximum absolute atomic E-state index is 12.7. The van der Waals surface area contributed by atoms with E-state index in [0.29, 0.717) is 17.3 Å². The van der Waals surface area contributed by atoms with Crippen LogP contribution in [0, 0.1) is 5.92 Å². The largest absolute Gasteiger partial charge is 0.469 e. The van der Waals surface area contributed by atoms with E-state index in [0.717, 1.165) is 0 Å². The molecule has 0 amide bonds. The number of sulfonamides is 1. The van der Waals surface area contributed by atoms with Crippen molar-refractivity contribution in [2.75, 3.05) is 20.2 Å². The van der Waals surface area contributed by atoms with E-state index in [2.05, 4.69) is 15.9 Å². The molecule has 5 nitrogen and oxygen atoms in total. The van der Waals surface area contributed by atoms with Gasteiger partial charge in [-0.2, -0.15) is 4.31 Å². The van der Waals surface area contributed by atoms with E-state index < -0.39 is 10.0 Å². The second-order valence-corrected chi connectivity index (χ2v) is 8.50. The number of esters is 1. The number of carbonyl (C=O) groups is 1. The SMILES string of the molecule is COC(=O)C1CCN(S(=O)(=O)c2c(Cl)cc(Br)cc2Cl)CC1.